The summed E-state index contributed by atoms with van der Waals surface area (Å²) < 4.78 is 25.6. The first-order valence-corrected chi connectivity index (χ1v) is 10.3. The van der Waals surface area contributed by atoms with Crippen LogP contribution < -0.4 is 10.6 Å². The Morgan fingerprint density at radius 2 is 1.86 bits per heavy atom. The SMILES string of the molecule is CC(C)(C)NC(=O)CN1CC2(CCC(C(=O)Nc3cccc(C(F)F)c3)CC2)C1. The number of halogens is 2. The van der Waals surface area contributed by atoms with E-state index in [0.717, 1.165) is 38.8 Å². The van der Waals surface area contributed by atoms with E-state index >= 15 is 0 Å². The van der Waals surface area contributed by atoms with Crippen molar-refractivity contribution in [3.05, 3.63) is 29.8 Å². The summed E-state index contributed by atoms with van der Waals surface area (Å²) in [7, 11) is 0. The first kappa shape index (κ1) is 21.7. The van der Waals surface area contributed by atoms with E-state index in [1.165, 1.54) is 18.2 Å². The van der Waals surface area contributed by atoms with Crippen molar-refractivity contribution < 1.29 is 18.4 Å². The number of hydrogen-bond acceptors (Lipinski definition) is 3. The van der Waals surface area contributed by atoms with Crippen LogP contribution in [0.25, 0.3) is 0 Å². The van der Waals surface area contributed by atoms with Gasteiger partial charge in [-0.2, -0.15) is 0 Å². The van der Waals surface area contributed by atoms with E-state index in [1.807, 2.05) is 20.8 Å². The van der Waals surface area contributed by atoms with Gasteiger partial charge in [-0.15, -0.1) is 0 Å². The molecule has 2 fully saturated rings. The van der Waals surface area contributed by atoms with Crippen molar-refractivity contribution >= 4 is 17.5 Å². The molecule has 0 atom stereocenters. The van der Waals surface area contributed by atoms with Crippen LogP contribution in [0.4, 0.5) is 14.5 Å². The van der Waals surface area contributed by atoms with Gasteiger partial charge in [0.2, 0.25) is 11.8 Å². The van der Waals surface area contributed by atoms with Crippen molar-refractivity contribution in [2.24, 2.45) is 11.3 Å². The second-order valence-corrected chi connectivity index (χ2v) is 9.63. The minimum absolute atomic E-state index is 0.0476. The van der Waals surface area contributed by atoms with E-state index in [0.29, 0.717) is 12.2 Å². The number of carbonyl (C=O) groups excluding carboxylic acids is 2. The summed E-state index contributed by atoms with van der Waals surface area (Å²) in [6.45, 7) is 8.13. The highest BCUT2D eigenvalue weighted by molar-refractivity contribution is 5.92. The molecule has 0 bridgehead atoms. The van der Waals surface area contributed by atoms with E-state index in [-0.39, 0.29) is 34.2 Å². The van der Waals surface area contributed by atoms with Crippen molar-refractivity contribution in [3.8, 4) is 0 Å². The van der Waals surface area contributed by atoms with Crippen LogP contribution in [0, 0.1) is 11.3 Å². The fourth-order valence-electron chi connectivity index (χ4n) is 4.48. The van der Waals surface area contributed by atoms with Crippen molar-refractivity contribution in [2.45, 2.75) is 58.4 Å². The molecule has 7 heteroatoms. The molecular weight excluding hydrogens is 376 g/mol. The highest BCUT2D eigenvalue weighted by atomic mass is 19.3. The number of benzene rings is 1. The molecule has 1 aliphatic carbocycles. The third-order valence-corrected chi connectivity index (χ3v) is 5.82. The van der Waals surface area contributed by atoms with Gasteiger partial charge in [0.25, 0.3) is 6.43 Å². The number of nitrogens with one attached hydrogen (secondary N) is 2. The Morgan fingerprint density at radius 1 is 1.21 bits per heavy atom. The Labute approximate surface area is 171 Å². The van der Waals surface area contributed by atoms with Crippen LogP contribution >= 0.6 is 0 Å². The predicted octanol–water partition coefficient (Wildman–Crippen LogP) is 3.97. The second kappa shape index (κ2) is 8.38. The summed E-state index contributed by atoms with van der Waals surface area (Å²) in [5.74, 6) is -0.132. The summed E-state index contributed by atoms with van der Waals surface area (Å²) in [5, 5.41) is 5.78. The maximum atomic E-state index is 12.8. The van der Waals surface area contributed by atoms with Crippen molar-refractivity contribution in [1.82, 2.24) is 10.2 Å². The molecule has 5 nitrogen and oxygen atoms in total. The minimum atomic E-state index is -2.55. The van der Waals surface area contributed by atoms with Gasteiger partial charge in [-0.25, -0.2) is 8.78 Å². The molecule has 1 aliphatic heterocycles. The molecule has 0 unspecified atom stereocenters. The lowest BCUT2D eigenvalue weighted by Gasteiger charge is -2.53. The third kappa shape index (κ3) is 5.75. The maximum absolute atomic E-state index is 12.8. The van der Waals surface area contributed by atoms with Gasteiger partial charge < -0.3 is 10.6 Å². The Hall–Kier alpha value is -2.02. The van der Waals surface area contributed by atoms with Crippen LogP contribution in [0.1, 0.15) is 58.4 Å². The molecule has 1 aromatic carbocycles. The first-order chi connectivity index (χ1) is 13.6. The zero-order valence-corrected chi connectivity index (χ0v) is 17.4. The second-order valence-electron chi connectivity index (χ2n) is 9.63. The van der Waals surface area contributed by atoms with Crippen molar-refractivity contribution in [3.63, 3.8) is 0 Å². The van der Waals surface area contributed by atoms with Gasteiger partial charge in [0, 0.05) is 35.8 Å². The summed E-state index contributed by atoms with van der Waals surface area (Å²) in [5.41, 5.74) is 0.331. The Bertz CT molecular complexity index is 745. The van der Waals surface area contributed by atoms with Gasteiger partial charge in [0.05, 0.1) is 6.54 Å². The Kier molecular flexibility index (Phi) is 6.27. The fourth-order valence-corrected chi connectivity index (χ4v) is 4.48. The average molecular weight is 408 g/mol. The smallest absolute Gasteiger partial charge is 0.263 e. The predicted molar refractivity (Wildman–Crippen MR) is 109 cm³/mol. The molecule has 2 N–H and O–H groups in total. The van der Waals surface area contributed by atoms with Crippen molar-refractivity contribution in [2.75, 3.05) is 25.0 Å². The molecule has 1 spiro atoms. The van der Waals surface area contributed by atoms with Crippen LogP contribution in [0.5, 0.6) is 0 Å². The molecule has 2 aliphatic rings. The maximum Gasteiger partial charge on any atom is 0.263 e. The molecule has 1 saturated heterocycles. The number of rotatable bonds is 5. The number of hydrogen-bond donors (Lipinski definition) is 2. The summed E-state index contributed by atoms with van der Waals surface area (Å²) in [4.78, 5) is 26.8. The molecule has 1 aromatic rings. The van der Waals surface area contributed by atoms with Crippen LogP contribution in [0.15, 0.2) is 24.3 Å². The molecule has 2 amide bonds. The number of anilines is 1. The number of likely N-dealkylation sites (tertiary alicyclic amines) is 1. The lowest BCUT2D eigenvalue weighted by Crippen LogP contribution is -2.60. The fraction of sp³-hybridized carbons (Fsp3) is 0.636. The van der Waals surface area contributed by atoms with Crippen LogP contribution in [-0.4, -0.2) is 41.9 Å². The molecule has 1 saturated carbocycles. The molecule has 3 rings (SSSR count). The van der Waals surface area contributed by atoms with E-state index < -0.39 is 6.43 Å². The molecule has 0 radical (unpaired) electrons. The lowest BCUT2D eigenvalue weighted by molar-refractivity contribution is -0.129. The normalized spacial score (nSPS) is 19.8. The molecule has 0 aromatic heterocycles. The third-order valence-electron chi connectivity index (χ3n) is 5.82. The van der Waals surface area contributed by atoms with E-state index in [4.69, 9.17) is 0 Å². The number of amides is 2. The number of carbonyl (C=O) groups is 2. The van der Waals surface area contributed by atoms with Crippen LogP contribution in [-0.2, 0) is 9.59 Å². The number of nitrogens with zero attached hydrogens (tertiary/aromatic N) is 1. The lowest BCUT2D eigenvalue weighted by atomic mass is 9.65. The van der Waals surface area contributed by atoms with Crippen LogP contribution in [0.3, 0.4) is 0 Å². The highest BCUT2D eigenvalue weighted by Gasteiger charge is 2.46. The number of alkyl halides is 2. The van der Waals surface area contributed by atoms with Crippen molar-refractivity contribution in [1.29, 1.82) is 0 Å². The van der Waals surface area contributed by atoms with Gasteiger partial charge in [0.15, 0.2) is 0 Å². The molecule has 1 heterocycles. The van der Waals surface area contributed by atoms with Gasteiger partial charge in [-0.1, -0.05) is 12.1 Å². The molecule has 29 heavy (non-hydrogen) atoms. The summed E-state index contributed by atoms with van der Waals surface area (Å²) in [6.07, 6.45) is 0.956. The largest absolute Gasteiger partial charge is 0.350 e. The molecule has 160 valence electrons. The van der Waals surface area contributed by atoms with E-state index in [2.05, 4.69) is 15.5 Å². The first-order valence-electron chi connectivity index (χ1n) is 10.3. The van der Waals surface area contributed by atoms with Gasteiger partial charge in [-0.05, 0) is 64.0 Å². The Morgan fingerprint density at radius 3 is 2.45 bits per heavy atom. The standard InChI is InChI=1S/C22H31F2N3O2/c1-21(2,3)26-18(28)12-27-13-22(14-27)9-7-15(8-10-22)20(29)25-17-6-4-5-16(11-17)19(23)24/h4-6,11,15,19H,7-10,12-14H2,1-3H3,(H,25,29)(H,26,28). The minimum Gasteiger partial charge on any atom is -0.350 e. The average Bonchev–Trinajstić information content (AvgIpc) is 2.59. The zero-order chi connectivity index (χ0) is 21.2. The van der Waals surface area contributed by atoms with Gasteiger partial charge in [0.1, 0.15) is 0 Å². The topological polar surface area (TPSA) is 61.4 Å². The van der Waals surface area contributed by atoms with E-state index in [9.17, 15) is 18.4 Å². The van der Waals surface area contributed by atoms with Crippen LogP contribution in [0.2, 0.25) is 0 Å². The Balaban J connectivity index is 1.43. The van der Waals surface area contributed by atoms with Gasteiger partial charge in [-0.3, -0.25) is 14.5 Å². The summed E-state index contributed by atoms with van der Waals surface area (Å²) >= 11 is 0. The monoisotopic (exact) mass is 407 g/mol. The molecular formula is C22H31F2N3O2. The van der Waals surface area contributed by atoms with Gasteiger partial charge >= 0.3 is 0 Å². The van der Waals surface area contributed by atoms with E-state index in [1.54, 1.807) is 6.07 Å². The highest BCUT2D eigenvalue weighted by Crippen LogP contribution is 2.45. The quantitative estimate of drug-likeness (QED) is 0.776. The zero-order valence-electron chi connectivity index (χ0n) is 17.4. The summed E-state index contributed by atoms with van der Waals surface area (Å²) in [6, 6.07) is 5.86.